The molecule has 0 aromatic heterocycles. The lowest BCUT2D eigenvalue weighted by Gasteiger charge is -2.29. The first-order chi connectivity index (χ1) is 9.67. The number of hydrogen-bond donors (Lipinski definition) is 4. The molecule has 120 valence electrons. The first-order valence-corrected chi connectivity index (χ1v) is 5.10. The van der Waals surface area contributed by atoms with E-state index in [0.717, 1.165) is 0 Å². The van der Waals surface area contributed by atoms with E-state index in [1.807, 2.05) is 0 Å². The molecule has 0 aromatic carbocycles. The van der Waals surface area contributed by atoms with Gasteiger partial charge in [0, 0.05) is 0 Å². The zero-order chi connectivity index (χ0) is 16.5. The second-order valence-corrected chi connectivity index (χ2v) is 3.72. The average Bonchev–Trinajstić information content (AvgIpc) is 2.36. The lowest BCUT2D eigenvalue weighted by Crippen LogP contribution is -2.43. The van der Waals surface area contributed by atoms with Gasteiger partial charge in [-0.05, 0) is 0 Å². The van der Waals surface area contributed by atoms with Crippen molar-refractivity contribution in [2.24, 2.45) is 5.41 Å². The predicted octanol–water partition coefficient (Wildman–Crippen LogP) is 0.751. The molecule has 21 heavy (non-hydrogen) atoms. The number of carboxylic acid groups (broad SMARTS) is 4. The van der Waals surface area contributed by atoms with Gasteiger partial charge in [0.05, 0.1) is 0 Å². The maximum atomic E-state index is 10.4. The highest BCUT2D eigenvalue weighted by Gasteiger charge is 2.38. The molecule has 0 spiro atoms. The van der Waals surface area contributed by atoms with Crippen molar-refractivity contribution in [3.63, 3.8) is 0 Å². The van der Waals surface area contributed by atoms with E-state index in [4.69, 9.17) is 20.4 Å². The summed E-state index contributed by atoms with van der Waals surface area (Å²) in [6.45, 7) is -3.24. The third-order valence-electron chi connectivity index (χ3n) is 2.01. The van der Waals surface area contributed by atoms with Crippen molar-refractivity contribution in [1.29, 1.82) is 0 Å². The molecule has 0 aliphatic carbocycles. The van der Waals surface area contributed by atoms with Crippen LogP contribution >= 0.6 is 0 Å². The molecule has 0 rings (SSSR count). The molecule has 0 atom stereocenters. The van der Waals surface area contributed by atoms with Gasteiger partial charge in [-0.2, -0.15) is 0 Å². The van der Waals surface area contributed by atoms with Crippen molar-refractivity contribution in [3.05, 3.63) is 0 Å². The van der Waals surface area contributed by atoms with Gasteiger partial charge in [0.15, 0.2) is 0 Å². The Bertz CT molecular complexity index is 324. The molecule has 0 amide bonds. The SMILES string of the molecule is O=C(O)OCC(COC(=O)O)(COC(=O)O)COC(=O)O. The van der Waals surface area contributed by atoms with Gasteiger partial charge in [0.2, 0.25) is 0 Å². The Balaban J connectivity index is 5.02. The lowest BCUT2D eigenvalue weighted by atomic mass is 9.92. The van der Waals surface area contributed by atoms with Crippen LogP contribution in [0.4, 0.5) is 19.2 Å². The van der Waals surface area contributed by atoms with Crippen LogP contribution in [0.5, 0.6) is 0 Å². The van der Waals surface area contributed by atoms with Gasteiger partial charge in [-0.3, -0.25) is 0 Å². The Morgan fingerprint density at radius 3 is 0.905 bits per heavy atom. The van der Waals surface area contributed by atoms with Crippen LogP contribution in [0.1, 0.15) is 0 Å². The van der Waals surface area contributed by atoms with Crippen molar-refractivity contribution >= 4 is 24.6 Å². The highest BCUT2D eigenvalue weighted by Crippen LogP contribution is 2.21. The van der Waals surface area contributed by atoms with E-state index in [1.165, 1.54) is 0 Å². The maximum absolute atomic E-state index is 10.4. The standard InChI is InChI=1S/C9H12O12/c10-5(11)18-1-9(2-19-6(12)13,3-20-7(14)15)4-21-8(16)17/h1-4H2,(H,10,11)(H,12,13)(H,14,15)(H,16,17). The predicted molar refractivity (Wildman–Crippen MR) is 58.3 cm³/mol. The van der Waals surface area contributed by atoms with Gasteiger partial charge < -0.3 is 39.4 Å². The average molecular weight is 312 g/mol. The second kappa shape index (κ2) is 8.29. The molecule has 0 heterocycles. The summed E-state index contributed by atoms with van der Waals surface area (Å²) in [6, 6.07) is 0. The van der Waals surface area contributed by atoms with Gasteiger partial charge in [-0.25, -0.2) is 19.2 Å². The van der Waals surface area contributed by atoms with Crippen molar-refractivity contribution in [1.82, 2.24) is 0 Å². The van der Waals surface area contributed by atoms with E-state index < -0.39 is 56.5 Å². The minimum absolute atomic E-state index is 0.809. The molecular formula is C9H12O12. The molecule has 0 saturated heterocycles. The molecular weight excluding hydrogens is 300 g/mol. The van der Waals surface area contributed by atoms with Crippen molar-refractivity contribution in [2.75, 3.05) is 26.4 Å². The summed E-state index contributed by atoms with van der Waals surface area (Å²) in [4.78, 5) is 41.5. The quantitative estimate of drug-likeness (QED) is 0.364. The first kappa shape index (κ1) is 18.1. The number of rotatable bonds is 8. The van der Waals surface area contributed by atoms with Gasteiger partial charge in [-0.1, -0.05) is 0 Å². The Hall–Kier alpha value is -2.92. The highest BCUT2D eigenvalue weighted by atomic mass is 16.7. The first-order valence-electron chi connectivity index (χ1n) is 5.10. The summed E-state index contributed by atoms with van der Waals surface area (Å²) >= 11 is 0. The normalized spacial score (nSPS) is 10.3. The van der Waals surface area contributed by atoms with Crippen molar-refractivity contribution in [2.45, 2.75) is 0 Å². The fraction of sp³-hybridized carbons (Fsp3) is 0.556. The Labute approximate surface area is 116 Å². The van der Waals surface area contributed by atoms with Crippen LogP contribution in [-0.4, -0.2) is 71.5 Å². The third-order valence-corrected chi connectivity index (χ3v) is 2.01. The molecule has 12 nitrogen and oxygen atoms in total. The lowest BCUT2D eigenvalue weighted by molar-refractivity contribution is -0.0711. The summed E-state index contributed by atoms with van der Waals surface area (Å²) in [6.07, 6.45) is -7.00. The molecule has 0 radical (unpaired) electrons. The number of ether oxygens (including phenoxy) is 4. The minimum atomic E-state index is -1.78. The van der Waals surface area contributed by atoms with Gasteiger partial charge in [0.1, 0.15) is 31.8 Å². The van der Waals surface area contributed by atoms with E-state index in [0.29, 0.717) is 0 Å². The zero-order valence-electron chi connectivity index (χ0n) is 10.4. The minimum Gasteiger partial charge on any atom is -0.450 e. The molecule has 0 fully saturated rings. The van der Waals surface area contributed by atoms with Crippen LogP contribution in [0.2, 0.25) is 0 Å². The van der Waals surface area contributed by atoms with E-state index >= 15 is 0 Å². The Morgan fingerprint density at radius 2 is 0.762 bits per heavy atom. The second-order valence-electron chi connectivity index (χ2n) is 3.72. The fourth-order valence-electron chi connectivity index (χ4n) is 1.11. The van der Waals surface area contributed by atoms with E-state index in [9.17, 15) is 19.2 Å². The molecule has 0 bridgehead atoms. The summed E-state index contributed by atoms with van der Waals surface area (Å²) in [7, 11) is 0. The van der Waals surface area contributed by atoms with Crippen LogP contribution in [0.15, 0.2) is 0 Å². The monoisotopic (exact) mass is 312 g/mol. The fourth-order valence-corrected chi connectivity index (χ4v) is 1.11. The van der Waals surface area contributed by atoms with Gasteiger partial charge >= 0.3 is 24.6 Å². The molecule has 0 aromatic rings. The summed E-state index contributed by atoms with van der Waals surface area (Å²) in [5, 5.41) is 33.7. The Morgan fingerprint density at radius 1 is 0.571 bits per heavy atom. The highest BCUT2D eigenvalue weighted by molar-refractivity contribution is 5.58. The largest absolute Gasteiger partial charge is 0.505 e. The summed E-state index contributed by atoms with van der Waals surface area (Å²) in [5.74, 6) is 0. The molecule has 0 unspecified atom stereocenters. The Kier molecular flexibility index (Phi) is 7.14. The molecule has 0 aliphatic heterocycles. The number of hydrogen-bond acceptors (Lipinski definition) is 8. The molecule has 0 aliphatic rings. The molecule has 4 N–H and O–H groups in total. The van der Waals surface area contributed by atoms with Crippen LogP contribution in [0.25, 0.3) is 0 Å². The maximum Gasteiger partial charge on any atom is 0.505 e. The van der Waals surface area contributed by atoms with Crippen LogP contribution < -0.4 is 0 Å². The number of carbonyl (C=O) groups is 4. The van der Waals surface area contributed by atoms with Crippen molar-refractivity contribution < 1.29 is 58.6 Å². The van der Waals surface area contributed by atoms with E-state index in [2.05, 4.69) is 18.9 Å². The van der Waals surface area contributed by atoms with Crippen LogP contribution in [0, 0.1) is 5.41 Å². The van der Waals surface area contributed by atoms with Gasteiger partial charge in [-0.15, -0.1) is 0 Å². The van der Waals surface area contributed by atoms with E-state index in [1.54, 1.807) is 0 Å². The van der Waals surface area contributed by atoms with Crippen LogP contribution in [0.3, 0.4) is 0 Å². The van der Waals surface area contributed by atoms with E-state index in [-0.39, 0.29) is 0 Å². The topological polar surface area (TPSA) is 186 Å². The van der Waals surface area contributed by atoms with Crippen LogP contribution in [-0.2, 0) is 18.9 Å². The third kappa shape index (κ3) is 8.74. The summed E-state index contributed by atoms with van der Waals surface area (Å²) < 4.78 is 16.8. The molecule has 12 heteroatoms. The smallest absolute Gasteiger partial charge is 0.450 e. The zero-order valence-corrected chi connectivity index (χ0v) is 10.4. The molecule has 0 saturated carbocycles. The van der Waals surface area contributed by atoms with Crippen molar-refractivity contribution in [3.8, 4) is 0 Å². The van der Waals surface area contributed by atoms with Gasteiger partial charge in [0.25, 0.3) is 0 Å². The summed E-state index contributed by atoms with van der Waals surface area (Å²) in [5.41, 5.74) is -1.78.